The summed E-state index contributed by atoms with van der Waals surface area (Å²) in [6.07, 6.45) is 1.99. The average Bonchev–Trinajstić information content (AvgIpc) is 2.81. The van der Waals surface area contributed by atoms with E-state index in [1.807, 2.05) is 24.3 Å². The molecular formula is C25H36FIN4O2. The fourth-order valence-electron chi connectivity index (χ4n) is 3.96. The van der Waals surface area contributed by atoms with Crippen LogP contribution in [0.5, 0.6) is 11.5 Å². The molecule has 2 N–H and O–H groups in total. The summed E-state index contributed by atoms with van der Waals surface area (Å²) in [5.74, 6) is 2.16. The zero-order valence-corrected chi connectivity index (χ0v) is 22.5. The van der Waals surface area contributed by atoms with Crippen molar-refractivity contribution in [3.63, 3.8) is 0 Å². The second kappa shape index (κ2) is 12.3. The van der Waals surface area contributed by atoms with Crippen molar-refractivity contribution in [1.29, 1.82) is 0 Å². The Balaban J connectivity index is 0.00000385. The van der Waals surface area contributed by atoms with Gasteiger partial charge in [-0.15, -0.1) is 24.0 Å². The predicted octanol–water partition coefficient (Wildman–Crippen LogP) is 4.57. The van der Waals surface area contributed by atoms with Crippen molar-refractivity contribution >= 4 is 35.6 Å². The number of anilines is 1. The molecule has 1 aliphatic heterocycles. The fourth-order valence-corrected chi connectivity index (χ4v) is 3.96. The Hall–Kier alpha value is -2.23. The molecule has 6 nitrogen and oxygen atoms in total. The summed E-state index contributed by atoms with van der Waals surface area (Å²) in [7, 11) is 5.12. The summed E-state index contributed by atoms with van der Waals surface area (Å²) in [6.45, 7) is 6.71. The Morgan fingerprint density at radius 2 is 1.73 bits per heavy atom. The lowest BCUT2D eigenvalue weighted by atomic mass is 9.84. The molecule has 1 fully saturated rings. The SMILES string of the molecule is CN=C(NCC(C)(C)c1cccc(F)c1)NC1CCN(c2cc(OC)cc(OC)c2)CC1.I. The number of nitrogens with zero attached hydrogens (tertiary/aromatic N) is 2. The van der Waals surface area contributed by atoms with Gasteiger partial charge in [-0.05, 0) is 30.5 Å². The molecule has 8 heteroatoms. The number of hydrogen-bond donors (Lipinski definition) is 2. The maximum Gasteiger partial charge on any atom is 0.191 e. The molecule has 0 spiro atoms. The van der Waals surface area contributed by atoms with E-state index < -0.39 is 0 Å². The highest BCUT2D eigenvalue weighted by molar-refractivity contribution is 14.0. The topological polar surface area (TPSA) is 58.1 Å². The van der Waals surface area contributed by atoms with E-state index in [-0.39, 0.29) is 35.2 Å². The molecule has 1 aliphatic rings. The smallest absolute Gasteiger partial charge is 0.191 e. The number of rotatable bonds is 7. The minimum absolute atomic E-state index is 0. The molecule has 182 valence electrons. The lowest BCUT2D eigenvalue weighted by Crippen LogP contribution is -2.50. The van der Waals surface area contributed by atoms with E-state index in [4.69, 9.17) is 9.47 Å². The van der Waals surface area contributed by atoms with Crippen LogP contribution in [0.25, 0.3) is 0 Å². The number of benzene rings is 2. The minimum Gasteiger partial charge on any atom is -0.497 e. The lowest BCUT2D eigenvalue weighted by Gasteiger charge is -2.35. The van der Waals surface area contributed by atoms with Crippen molar-refractivity contribution in [1.82, 2.24) is 10.6 Å². The first-order valence-electron chi connectivity index (χ1n) is 11.1. The molecule has 0 aromatic heterocycles. The van der Waals surface area contributed by atoms with E-state index >= 15 is 0 Å². The second-order valence-corrected chi connectivity index (χ2v) is 8.80. The highest BCUT2D eigenvalue weighted by atomic mass is 127. The standard InChI is InChI=1S/C25H35FN4O2.HI/c1-25(2,18-7-6-8-19(26)13-18)17-28-24(27-3)29-20-9-11-30(12-10-20)21-14-22(31-4)16-23(15-21)32-5;/h6-8,13-16,20H,9-12,17H2,1-5H3,(H2,27,28,29);1H. The normalized spacial score (nSPS) is 15.0. The first-order valence-corrected chi connectivity index (χ1v) is 11.1. The van der Waals surface area contributed by atoms with Crippen LogP contribution in [0.1, 0.15) is 32.3 Å². The van der Waals surface area contributed by atoms with Gasteiger partial charge >= 0.3 is 0 Å². The van der Waals surface area contributed by atoms with Crippen LogP contribution in [-0.2, 0) is 5.41 Å². The molecule has 1 saturated heterocycles. The molecule has 33 heavy (non-hydrogen) atoms. The number of hydrogen-bond acceptors (Lipinski definition) is 4. The van der Waals surface area contributed by atoms with Crippen LogP contribution in [0, 0.1) is 5.82 Å². The Bertz CT molecular complexity index is 908. The van der Waals surface area contributed by atoms with Gasteiger partial charge in [0.15, 0.2) is 5.96 Å². The number of ether oxygens (including phenoxy) is 2. The molecule has 0 unspecified atom stereocenters. The quantitative estimate of drug-likeness (QED) is 0.290. The van der Waals surface area contributed by atoms with Gasteiger partial charge in [0.2, 0.25) is 0 Å². The third-order valence-corrected chi connectivity index (χ3v) is 6.06. The molecular weight excluding hydrogens is 534 g/mol. The molecule has 0 aliphatic carbocycles. The van der Waals surface area contributed by atoms with Crippen LogP contribution in [0.4, 0.5) is 10.1 Å². The molecule has 0 atom stereocenters. The molecule has 0 amide bonds. The highest BCUT2D eigenvalue weighted by Gasteiger charge is 2.24. The fraction of sp³-hybridized carbons (Fsp3) is 0.480. The third kappa shape index (κ3) is 7.38. The maximum atomic E-state index is 13.6. The lowest BCUT2D eigenvalue weighted by molar-refractivity contribution is 0.393. The van der Waals surface area contributed by atoms with Crippen molar-refractivity contribution in [2.24, 2.45) is 4.99 Å². The molecule has 0 bridgehead atoms. The second-order valence-electron chi connectivity index (χ2n) is 8.80. The highest BCUT2D eigenvalue weighted by Crippen LogP contribution is 2.30. The zero-order valence-electron chi connectivity index (χ0n) is 20.2. The number of nitrogens with one attached hydrogen (secondary N) is 2. The summed E-state index contributed by atoms with van der Waals surface area (Å²) in [4.78, 5) is 6.75. The number of guanidine groups is 1. The minimum atomic E-state index is -0.228. The van der Waals surface area contributed by atoms with E-state index in [9.17, 15) is 4.39 Å². The Morgan fingerprint density at radius 3 is 2.27 bits per heavy atom. The van der Waals surface area contributed by atoms with Gasteiger partial charge in [0.25, 0.3) is 0 Å². The molecule has 0 radical (unpaired) electrons. The van der Waals surface area contributed by atoms with Crippen LogP contribution >= 0.6 is 24.0 Å². The zero-order chi connectivity index (χ0) is 23.1. The van der Waals surface area contributed by atoms with Crippen LogP contribution in [0.15, 0.2) is 47.5 Å². The number of aliphatic imine (C=N–C) groups is 1. The predicted molar refractivity (Wildman–Crippen MR) is 144 cm³/mol. The van der Waals surface area contributed by atoms with Gasteiger partial charge in [0.05, 0.1) is 14.2 Å². The van der Waals surface area contributed by atoms with Gasteiger partial charge in [0, 0.05) is 62.0 Å². The molecule has 3 rings (SSSR count). The van der Waals surface area contributed by atoms with Crippen LogP contribution in [0.3, 0.4) is 0 Å². The third-order valence-electron chi connectivity index (χ3n) is 6.06. The first kappa shape index (κ1) is 27.0. The van der Waals surface area contributed by atoms with Gasteiger partial charge in [-0.25, -0.2) is 4.39 Å². The van der Waals surface area contributed by atoms with Crippen molar-refractivity contribution in [2.45, 2.75) is 38.1 Å². The summed E-state index contributed by atoms with van der Waals surface area (Å²) in [6, 6.07) is 13.1. The number of methoxy groups -OCH3 is 2. The maximum absolute atomic E-state index is 13.6. The molecule has 2 aromatic carbocycles. The van der Waals surface area contributed by atoms with Gasteiger partial charge in [-0.3, -0.25) is 4.99 Å². The molecule has 1 heterocycles. The van der Waals surface area contributed by atoms with Crippen LogP contribution < -0.4 is 25.0 Å². The molecule has 2 aromatic rings. The van der Waals surface area contributed by atoms with E-state index in [2.05, 4.69) is 34.4 Å². The van der Waals surface area contributed by atoms with E-state index in [0.717, 1.165) is 54.6 Å². The Labute approximate surface area is 214 Å². The van der Waals surface area contributed by atoms with Crippen molar-refractivity contribution in [3.8, 4) is 11.5 Å². The van der Waals surface area contributed by atoms with Crippen molar-refractivity contribution in [2.75, 3.05) is 45.8 Å². The number of piperidine rings is 1. The molecule has 0 saturated carbocycles. The van der Waals surface area contributed by atoms with Gasteiger partial charge in [0.1, 0.15) is 17.3 Å². The number of halogens is 2. The van der Waals surface area contributed by atoms with Crippen LogP contribution in [0.2, 0.25) is 0 Å². The Morgan fingerprint density at radius 1 is 1.09 bits per heavy atom. The van der Waals surface area contributed by atoms with Crippen molar-refractivity contribution < 1.29 is 13.9 Å². The summed E-state index contributed by atoms with van der Waals surface area (Å²) >= 11 is 0. The Kier molecular flexibility index (Phi) is 10.1. The summed E-state index contributed by atoms with van der Waals surface area (Å²) in [5, 5.41) is 6.96. The van der Waals surface area contributed by atoms with Gasteiger partial charge in [-0.2, -0.15) is 0 Å². The monoisotopic (exact) mass is 570 g/mol. The summed E-state index contributed by atoms with van der Waals surface area (Å²) < 4.78 is 24.4. The largest absolute Gasteiger partial charge is 0.497 e. The van der Waals surface area contributed by atoms with E-state index in [0.29, 0.717) is 12.6 Å². The van der Waals surface area contributed by atoms with Crippen molar-refractivity contribution in [3.05, 3.63) is 53.8 Å². The first-order chi connectivity index (χ1) is 15.3. The van der Waals surface area contributed by atoms with Crippen LogP contribution in [-0.4, -0.2) is 52.9 Å². The van der Waals surface area contributed by atoms with Gasteiger partial charge < -0.3 is 25.0 Å². The summed E-state index contributed by atoms with van der Waals surface area (Å²) in [5.41, 5.74) is 1.84. The van der Waals surface area contributed by atoms with E-state index in [1.54, 1.807) is 33.4 Å². The van der Waals surface area contributed by atoms with E-state index in [1.165, 1.54) is 6.07 Å². The van der Waals surface area contributed by atoms with Gasteiger partial charge in [-0.1, -0.05) is 26.0 Å². The average molecular weight is 570 g/mol.